The number of benzene rings is 2. The Labute approximate surface area is 182 Å². The van der Waals surface area contributed by atoms with Gasteiger partial charge in [-0.25, -0.2) is 4.79 Å². The molecular formula is C25H28N2O4. The first kappa shape index (κ1) is 19.9. The van der Waals surface area contributed by atoms with E-state index in [1.165, 1.54) is 0 Å². The maximum Gasteiger partial charge on any atom is 0.318 e. The lowest BCUT2D eigenvalue weighted by Gasteiger charge is -2.35. The van der Waals surface area contributed by atoms with Crippen molar-refractivity contribution in [1.29, 1.82) is 0 Å². The van der Waals surface area contributed by atoms with E-state index < -0.39 is 6.10 Å². The van der Waals surface area contributed by atoms with Crippen molar-refractivity contribution in [2.75, 3.05) is 13.7 Å². The van der Waals surface area contributed by atoms with Gasteiger partial charge in [0, 0.05) is 25.1 Å². The number of nitrogens with one attached hydrogen (secondary N) is 1. The zero-order valence-electron chi connectivity index (χ0n) is 17.9. The number of ether oxygens (including phenoxy) is 2. The third kappa shape index (κ3) is 3.26. The summed E-state index contributed by atoms with van der Waals surface area (Å²) in [6.07, 6.45) is 4.55. The number of amides is 2. The molecule has 2 aromatic carbocycles. The van der Waals surface area contributed by atoms with Gasteiger partial charge in [-0.2, -0.15) is 0 Å². The number of hydrogen-bond donors (Lipinski definition) is 2. The molecule has 1 aliphatic carbocycles. The Morgan fingerprint density at radius 1 is 1.29 bits per heavy atom. The molecule has 4 atom stereocenters. The molecule has 2 N–H and O–H groups in total. The van der Waals surface area contributed by atoms with Crippen LogP contribution in [0.5, 0.6) is 11.5 Å². The van der Waals surface area contributed by atoms with Crippen LogP contribution >= 0.6 is 0 Å². The van der Waals surface area contributed by atoms with E-state index in [1.807, 2.05) is 60.4 Å². The van der Waals surface area contributed by atoms with Crippen molar-refractivity contribution < 1.29 is 19.4 Å². The fourth-order valence-corrected chi connectivity index (χ4v) is 5.21. The Morgan fingerprint density at radius 3 is 2.87 bits per heavy atom. The number of rotatable bonds is 3. The molecule has 0 fully saturated rings. The van der Waals surface area contributed by atoms with Crippen LogP contribution in [0.25, 0.3) is 0 Å². The van der Waals surface area contributed by atoms with E-state index in [4.69, 9.17) is 9.47 Å². The summed E-state index contributed by atoms with van der Waals surface area (Å²) < 4.78 is 11.9. The lowest BCUT2D eigenvalue weighted by Crippen LogP contribution is -2.44. The highest BCUT2D eigenvalue weighted by Crippen LogP contribution is 2.55. The van der Waals surface area contributed by atoms with Gasteiger partial charge < -0.3 is 24.8 Å². The quantitative estimate of drug-likeness (QED) is 0.743. The average Bonchev–Trinajstić information content (AvgIpc) is 3.01. The van der Waals surface area contributed by atoms with E-state index in [0.717, 1.165) is 28.9 Å². The highest BCUT2D eigenvalue weighted by Gasteiger charge is 2.53. The largest absolute Gasteiger partial charge is 0.493 e. The van der Waals surface area contributed by atoms with Gasteiger partial charge in [0.2, 0.25) is 0 Å². The SMILES string of the molecule is COc1ccc2c3c1O[C@H]1C[C@@H](O)C=CC31CCN(C(=O)NC(C)c1ccccc1)C2. The van der Waals surface area contributed by atoms with Crippen molar-refractivity contribution in [2.24, 2.45) is 0 Å². The van der Waals surface area contributed by atoms with Crippen molar-refractivity contribution >= 4 is 6.03 Å². The molecular weight excluding hydrogens is 392 g/mol. The minimum atomic E-state index is -0.520. The number of methoxy groups -OCH3 is 1. The first-order chi connectivity index (χ1) is 15.0. The molecule has 0 aromatic heterocycles. The first-order valence-electron chi connectivity index (χ1n) is 10.9. The normalized spacial score (nSPS) is 26.9. The molecule has 0 saturated heterocycles. The topological polar surface area (TPSA) is 71.0 Å². The minimum Gasteiger partial charge on any atom is -0.493 e. The smallest absolute Gasteiger partial charge is 0.318 e. The fraction of sp³-hybridized carbons (Fsp3) is 0.400. The summed E-state index contributed by atoms with van der Waals surface area (Å²) in [4.78, 5) is 15.1. The van der Waals surface area contributed by atoms with E-state index in [0.29, 0.717) is 25.3 Å². The van der Waals surface area contributed by atoms with E-state index in [-0.39, 0.29) is 23.6 Å². The summed E-state index contributed by atoms with van der Waals surface area (Å²) in [5.74, 6) is 1.45. The van der Waals surface area contributed by atoms with Gasteiger partial charge in [-0.1, -0.05) is 48.6 Å². The van der Waals surface area contributed by atoms with Crippen molar-refractivity contribution in [3.05, 3.63) is 71.3 Å². The highest BCUT2D eigenvalue weighted by molar-refractivity contribution is 5.75. The fourth-order valence-electron chi connectivity index (χ4n) is 5.21. The lowest BCUT2D eigenvalue weighted by molar-refractivity contribution is 0.0820. The molecule has 1 spiro atoms. The van der Waals surface area contributed by atoms with Gasteiger partial charge >= 0.3 is 6.03 Å². The molecule has 6 nitrogen and oxygen atoms in total. The first-order valence-corrected chi connectivity index (χ1v) is 10.9. The molecule has 0 saturated carbocycles. The number of urea groups is 1. The van der Waals surface area contributed by atoms with Crippen LogP contribution in [-0.4, -0.2) is 41.9 Å². The monoisotopic (exact) mass is 420 g/mol. The number of carbonyl (C=O) groups excluding carboxylic acids is 1. The molecule has 0 radical (unpaired) electrons. The van der Waals surface area contributed by atoms with Crippen LogP contribution in [0.15, 0.2) is 54.6 Å². The molecule has 2 aliphatic heterocycles. The van der Waals surface area contributed by atoms with Crippen molar-refractivity contribution in [2.45, 2.75) is 50.0 Å². The average molecular weight is 421 g/mol. The number of carbonyl (C=O) groups is 1. The molecule has 31 heavy (non-hydrogen) atoms. The summed E-state index contributed by atoms with van der Waals surface area (Å²) in [6, 6.07) is 13.8. The molecule has 0 bridgehead atoms. The van der Waals surface area contributed by atoms with Crippen LogP contribution < -0.4 is 14.8 Å². The Balaban J connectivity index is 1.46. The Bertz CT molecular complexity index is 1020. The molecule has 6 heteroatoms. The van der Waals surface area contributed by atoms with Crippen molar-refractivity contribution in [1.82, 2.24) is 10.2 Å². The van der Waals surface area contributed by atoms with Gasteiger partial charge in [0.15, 0.2) is 11.5 Å². The van der Waals surface area contributed by atoms with E-state index in [1.54, 1.807) is 7.11 Å². The van der Waals surface area contributed by atoms with Gasteiger partial charge in [0.25, 0.3) is 0 Å². The van der Waals surface area contributed by atoms with E-state index in [9.17, 15) is 9.90 Å². The van der Waals surface area contributed by atoms with E-state index in [2.05, 4.69) is 11.4 Å². The van der Waals surface area contributed by atoms with Gasteiger partial charge in [-0.15, -0.1) is 0 Å². The molecule has 5 rings (SSSR count). The molecule has 162 valence electrons. The Hall–Kier alpha value is -2.99. The van der Waals surface area contributed by atoms with Gasteiger partial charge in [0.1, 0.15) is 6.10 Å². The maximum absolute atomic E-state index is 13.2. The minimum absolute atomic E-state index is 0.0745. The Morgan fingerprint density at radius 2 is 2.10 bits per heavy atom. The van der Waals surface area contributed by atoms with Crippen LogP contribution in [0.2, 0.25) is 0 Å². The van der Waals surface area contributed by atoms with Gasteiger partial charge in [-0.3, -0.25) is 0 Å². The van der Waals surface area contributed by atoms with Crippen LogP contribution in [0.4, 0.5) is 4.79 Å². The molecule has 2 heterocycles. The summed E-state index contributed by atoms with van der Waals surface area (Å²) in [5.41, 5.74) is 2.90. The second-order valence-corrected chi connectivity index (χ2v) is 8.69. The van der Waals surface area contributed by atoms with Crippen LogP contribution in [0.3, 0.4) is 0 Å². The molecule has 3 aliphatic rings. The van der Waals surface area contributed by atoms with Gasteiger partial charge in [-0.05, 0) is 30.5 Å². The Kier molecular flexibility index (Phi) is 4.89. The lowest BCUT2D eigenvalue weighted by atomic mass is 9.69. The second-order valence-electron chi connectivity index (χ2n) is 8.69. The van der Waals surface area contributed by atoms with Crippen molar-refractivity contribution in [3.8, 4) is 11.5 Å². The third-order valence-electron chi connectivity index (χ3n) is 6.88. The summed E-state index contributed by atoms with van der Waals surface area (Å²) in [6.45, 7) is 3.11. The molecule has 2 amide bonds. The van der Waals surface area contributed by atoms with Crippen LogP contribution in [-0.2, 0) is 12.0 Å². The van der Waals surface area contributed by atoms with Crippen molar-refractivity contribution in [3.63, 3.8) is 0 Å². The maximum atomic E-state index is 13.2. The molecule has 2 aromatic rings. The number of hydrogen-bond acceptors (Lipinski definition) is 4. The van der Waals surface area contributed by atoms with Gasteiger partial charge in [0.05, 0.1) is 24.7 Å². The summed E-state index contributed by atoms with van der Waals surface area (Å²) in [5, 5.41) is 13.3. The third-order valence-corrected chi connectivity index (χ3v) is 6.88. The molecule has 2 unspecified atom stereocenters. The number of aliphatic hydroxyl groups excluding tert-OH is 1. The highest BCUT2D eigenvalue weighted by atomic mass is 16.5. The zero-order chi connectivity index (χ0) is 21.6. The number of nitrogens with zero attached hydrogens (tertiary/aromatic N) is 1. The second kappa shape index (κ2) is 7.61. The summed E-state index contributed by atoms with van der Waals surface area (Å²) >= 11 is 0. The van der Waals surface area contributed by atoms with Crippen LogP contribution in [0, 0.1) is 0 Å². The van der Waals surface area contributed by atoms with E-state index >= 15 is 0 Å². The zero-order valence-corrected chi connectivity index (χ0v) is 17.9. The standard InChI is InChI=1S/C25H28N2O4/c1-16(17-6-4-3-5-7-17)26-24(29)27-13-12-25-11-10-19(28)14-21(25)31-23-20(30-2)9-8-18(15-27)22(23)25/h3-11,16,19,21,28H,12-15H2,1-2H3,(H,26,29)/t16?,19-,21-,25?/m0/s1. The predicted molar refractivity (Wildman–Crippen MR) is 117 cm³/mol. The predicted octanol–water partition coefficient (Wildman–Crippen LogP) is 3.69. The summed E-state index contributed by atoms with van der Waals surface area (Å²) in [7, 11) is 1.64. The number of aliphatic hydroxyl groups is 1. The van der Waals surface area contributed by atoms with Crippen LogP contribution in [0.1, 0.15) is 42.5 Å².